The third-order valence-electron chi connectivity index (χ3n) is 6.62. The van der Waals surface area contributed by atoms with Gasteiger partial charge >= 0.3 is 22.4 Å². The van der Waals surface area contributed by atoms with Gasteiger partial charge in [-0.1, -0.05) is 0 Å². The molecule has 15 heteroatoms. The first-order valence-electron chi connectivity index (χ1n) is 13.3. The minimum atomic E-state index is -4.43. The molecule has 2 fully saturated rings. The number of benzene rings is 1. The SMILES string of the molecule is CC(C)(C)OC(=O)N(CCC1COC1)C[C@H]1Cc2c(cc(O)c(N3CC(=O)NS3(=O)=O)c2F)N1C(=O)OC(C)(C)C. The molecule has 3 amide bonds. The van der Waals surface area contributed by atoms with Crippen LogP contribution in [0.5, 0.6) is 5.75 Å². The molecule has 0 aliphatic carbocycles. The summed E-state index contributed by atoms with van der Waals surface area (Å²) in [5, 5.41) is 10.8. The van der Waals surface area contributed by atoms with Crippen molar-refractivity contribution in [1.29, 1.82) is 0 Å². The first-order chi connectivity index (χ1) is 18.9. The smallest absolute Gasteiger partial charge is 0.415 e. The highest BCUT2D eigenvalue weighted by Gasteiger charge is 2.44. The van der Waals surface area contributed by atoms with Gasteiger partial charge in [-0.3, -0.25) is 9.69 Å². The Morgan fingerprint density at radius 1 is 1.17 bits per heavy atom. The fourth-order valence-corrected chi connectivity index (χ4v) is 5.96. The Hall–Kier alpha value is -3.33. The van der Waals surface area contributed by atoms with Gasteiger partial charge in [0.2, 0.25) is 0 Å². The van der Waals surface area contributed by atoms with Gasteiger partial charge in [-0.25, -0.2) is 23.0 Å². The number of nitrogens with zero attached hydrogens (tertiary/aromatic N) is 3. The molecule has 41 heavy (non-hydrogen) atoms. The van der Waals surface area contributed by atoms with E-state index in [9.17, 15) is 27.9 Å². The fourth-order valence-electron chi connectivity index (χ4n) is 4.80. The van der Waals surface area contributed by atoms with Crippen LogP contribution in [0.15, 0.2) is 6.07 Å². The molecule has 2 saturated heterocycles. The largest absolute Gasteiger partial charge is 0.506 e. The lowest BCUT2D eigenvalue weighted by molar-refractivity contribution is -0.117. The highest BCUT2D eigenvalue weighted by atomic mass is 32.2. The standard InChI is InChI=1S/C26H37FN4O9S/c1-25(2,3)39-23(34)29(8-7-15-13-38-14-15)11-16-9-17-18(31(16)24(35)40-26(4,5)6)10-19(32)22(21(17)27)30-12-20(33)28-41(30,36)37/h10,15-16,32H,7-9,11-14H2,1-6H3,(H,28,33)/t16-/m1/s1. The van der Waals surface area contributed by atoms with Crippen molar-refractivity contribution in [3.63, 3.8) is 0 Å². The lowest BCUT2D eigenvalue weighted by Gasteiger charge is -2.35. The number of phenolic OH excluding ortho intramolecular Hbond substituents is 1. The summed E-state index contributed by atoms with van der Waals surface area (Å²) in [6.45, 7) is 10.8. The molecule has 0 unspecified atom stereocenters. The van der Waals surface area contributed by atoms with Gasteiger partial charge in [0.25, 0.3) is 5.91 Å². The predicted molar refractivity (Wildman–Crippen MR) is 145 cm³/mol. The van der Waals surface area contributed by atoms with Crippen molar-refractivity contribution < 1.29 is 46.5 Å². The molecule has 228 valence electrons. The molecule has 0 saturated carbocycles. The van der Waals surface area contributed by atoms with Crippen LogP contribution < -0.4 is 13.9 Å². The van der Waals surface area contributed by atoms with Crippen LogP contribution in [0.4, 0.5) is 25.4 Å². The highest BCUT2D eigenvalue weighted by Crippen LogP contribution is 2.45. The van der Waals surface area contributed by atoms with Gasteiger partial charge in [0.15, 0.2) is 5.82 Å². The Morgan fingerprint density at radius 3 is 2.32 bits per heavy atom. The number of hydrogen-bond donors (Lipinski definition) is 2. The molecule has 2 N–H and O–H groups in total. The van der Waals surface area contributed by atoms with E-state index in [1.165, 1.54) is 9.80 Å². The Morgan fingerprint density at radius 2 is 1.80 bits per heavy atom. The molecule has 4 rings (SSSR count). The number of hydrogen-bond acceptors (Lipinski definition) is 9. The summed E-state index contributed by atoms with van der Waals surface area (Å²) in [6, 6.07) is 0.226. The predicted octanol–water partition coefficient (Wildman–Crippen LogP) is 2.65. The van der Waals surface area contributed by atoms with E-state index < -0.39 is 69.3 Å². The molecule has 3 aliphatic heterocycles. The van der Waals surface area contributed by atoms with Crippen LogP contribution in [-0.4, -0.2) is 86.6 Å². The van der Waals surface area contributed by atoms with Crippen LogP contribution in [0, 0.1) is 11.7 Å². The number of carbonyl (C=O) groups excluding carboxylic acids is 3. The van der Waals surface area contributed by atoms with E-state index in [2.05, 4.69) is 0 Å². The van der Waals surface area contributed by atoms with Crippen LogP contribution in [0.3, 0.4) is 0 Å². The molecule has 3 heterocycles. The van der Waals surface area contributed by atoms with E-state index >= 15 is 4.39 Å². The maximum atomic E-state index is 16.0. The summed E-state index contributed by atoms with van der Waals surface area (Å²) < 4.78 is 59.5. The number of ether oxygens (including phenoxy) is 3. The molecule has 1 aromatic carbocycles. The van der Waals surface area contributed by atoms with Gasteiger partial charge < -0.3 is 24.2 Å². The maximum Gasteiger partial charge on any atom is 0.415 e. The summed E-state index contributed by atoms with van der Waals surface area (Å²) in [6.07, 6.45) is -0.961. The van der Waals surface area contributed by atoms with E-state index in [0.717, 1.165) is 6.07 Å². The number of fused-ring (bicyclic) bond motifs is 1. The summed E-state index contributed by atoms with van der Waals surface area (Å²) in [5.74, 6) is -2.52. The summed E-state index contributed by atoms with van der Waals surface area (Å²) in [4.78, 5) is 41.0. The van der Waals surface area contributed by atoms with Gasteiger partial charge in [-0.15, -0.1) is 0 Å². The van der Waals surface area contributed by atoms with Crippen molar-refractivity contribution in [3.05, 3.63) is 17.4 Å². The number of amides is 3. The average molecular weight is 601 g/mol. The van der Waals surface area contributed by atoms with Gasteiger partial charge in [0.1, 0.15) is 29.2 Å². The van der Waals surface area contributed by atoms with E-state index in [4.69, 9.17) is 14.2 Å². The van der Waals surface area contributed by atoms with Crippen molar-refractivity contribution in [3.8, 4) is 5.75 Å². The fraction of sp³-hybridized carbons (Fsp3) is 0.654. The molecule has 13 nitrogen and oxygen atoms in total. The molecular weight excluding hydrogens is 563 g/mol. The van der Waals surface area contributed by atoms with Crippen molar-refractivity contribution in [1.82, 2.24) is 9.62 Å². The Bertz CT molecular complexity index is 1340. The maximum absolute atomic E-state index is 16.0. The topological polar surface area (TPSA) is 155 Å². The van der Waals surface area contributed by atoms with E-state index in [0.29, 0.717) is 23.9 Å². The van der Waals surface area contributed by atoms with Crippen LogP contribution >= 0.6 is 0 Å². The number of phenols is 1. The third kappa shape index (κ3) is 6.77. The van der Waals surface area contributed by atoms with Gasteiger partial charge in [0.05, 0.1) is 24.9 Å². The van der Waals surface area contributed by atoms with Crippen LogP contribution in [0.2, 0.25) is 0 Å². The normalized spacial score (nSPS) is 20.4. The van der Waals surface area contributed by atoms with E-state index in [1.807, 2.05) is 0 Å². The van der Waals surface area contributed by atoms with Crippen molar-refractivity contribution in [2.75, 3.05) is 42.1 Å². The van der Waals surface area contributed by atoms with Crippen molar-refractivity contribution >= 4 is 39.7 Å². The first-order valence-corrected chi connectivity index (χ1v) is 14.8. The molecule has 0 radical (unpaired) electrons. The zero-order valence-electron chi connectivity index (χ0n) is 24.0. The van der Waals surface area contributed by atoms with Gasteiger partial charge in [0, 0.05) is 37.1 Å². The number of carbonyl (C=O) groups is 3. The summed E-state index contributed by atoms with van der Waals surface area (Å²) in [7, 11) is -4.43. The third-order valence-corrected chi connectivity index (χ3v) is 8.00. The Kier molecular flexibility index (Phi) is 8.08. The molecule has 0 aromatic heterocycles. The second-order valence-corrected chi connectivity index (χ2v) is 14.0. The number of aromatic hydroxyl groups is 1. The number of anilines is 2. The van der Waals surface area contributed by atoms with Gasteiger partial charge in [-0.2, -0.15) is 8.42 Å². The Labute approximate surface area is 238 Å². The lowest BCUT2D eigenvalue weighted by atomic mass is 10.0. The highest BCUT2D eigenvalue weighted by molar-refractivity contribution is 7.92. The summed E-state index contributed by atoms with van der Waals surface area (Å²) in [5.41, 5.74) is -2.52. The zero-order valence-corrected chi connectivity index (χ0v) is 24.8. The number of nitrogens with one attached hydrogen (secondary N) is 1. The van der Waals surface area contributed by atoms with Crippen molar-refractivity contribution in [2.24, 2.45) is 5.92 Å². The van der Waals surface area contributed by atoms with Crippen molar-refractivity contribution in [2.45, 2.75) is 71.6 Å². The van der Waals surface area contributed by atoms with Gasteiger partial charge in [-0.05, 0) is 48.0 Å². The molecule has 3 aliphatic rings. The van der Waals surface area contributed by atoms with Crippen LogP contribution in [-0.2, 0) is 35.6 Å². The minimum Gasteiger partial charge on any atom is -0.506 e. The summed E-state index contributed by atoms with van der Waals surface area (Å²) >= 11 is 0. The number of halogens is 1. The van der Waals surface area contributed by atoms with Crippen LogP contribution in [0.1, 0.15) is 53.5 Å². The molecular formula is C26H37FN4O9S. The second kappa shape index (κ2) is 10.8. The van der Waals surface area contributed by atoms with E-state index in [-0.39, 0.29) is 36.7 Å². The minimum absolute atomic E-state index is 0.0320. The first kappa shape index (κ1) is 30.6. The lowest BCUT2D eigenvalue weighted by Crippen LogP contribution is -2.50. The quantitative estimate of drug-likeness (QED) is 0.501. The molecule has 1 aromatic rings. The molecule has 0 spiro atoms. The zero-order chi connectivity index (χ0) is 30.5. The number of rotatable bonds is 6. The Balaban J connectivity index is 1.72. The van der Waals surface area contributed by atoms with Crippen LogP contribution in [0.25, 0.3) is 0 Å². The molecule has 0 bridgehead atoms. The molecule has 1 atom stereocenters. The van der Waals surface area contributed by atoms with E-state index in [1.54, 1.807) is 46.3 Å². The second-order valence-electron chi connectivity index (χ2n) is 12.4. The monoisotopic (exact) mass is 600 g/mol. The average Bonchev–Trinajstić information content (AvgIpc) is 3.24.